The number of aryl methyl sites for hydroxylation is 1. The van der Waals surface area contributed by atoms with Gasteiger partial charge in [-0.3, -0.25) is 0 Å². The van der Waals surface area contributed by atoms with Crippen LogP contribution in [0.1, 0.15) is 32.6 Å². The third kappa shape index (κ3) is 3.73. The first-order valence-electron chi connectivity index (χ1n) is 6.87. The minimum Gasteiger partial charge on any atom is -0.354 e. The molecule has 1 aliphatic rings. The molecule has 96 valence electrons. The molecule has 4 nitrogen and oxygen atoms in total. The third-order valence-corrected chi connectivity index (χ3v) is 3.47. The maximum Gasteiger partial charge on any atom is 0.202 e. The van der Waals surface area contributed by atoms with E-state index in [1.807, 2.05) is 12.4 Å². The predicted molar refractivity (Wildman–Crippen MR) is 71.3 cm³/mol. The zero-order valence-electron chi connectivity index (χ0n) is 10.9. The van der Waals surface area contributed by atoms with Crippen LogP contribution in [-0.4, -0.2) is 40.6 Å². The molecule has 1 N–H and O–H groups in total. The van der Waals surface area contributed by atoms with Gasteiger partial charge in [0.25, 0.3) is 0 Å². The molecule has 0 bridgehead atoms. The molecule has 1 fully saturated rings. The van der Waals surface area contributed by atoms with E-state index in [9.17, 15) is 0 Å². The molecule has 1 aromatic rings. The number of imidazole rings is 1. The summed E-state index contributed by atoms with van der Waals surface area (Å²) in [6, 6.07) is 0. The molecule has 2 rings (SSSR count). The lowest BCUT2D eigenvalue weighted by atomic mass is 10.2. The normalized spacial score (nSPS) is 17.9. The lowest BCUT2D eigenvalue weighted by molar-refractivity contribution is 0.296. The van der Waals surface area contributed by atoms with Crippen LogP contribution in [0.15, 0.2) is 12.4 Å². The van der Waals surface area contributed by atoms with Crippen LogP contribution in [0.25, 0.3) is 0 Å². The fraction of sp³-hybridized carbons (Fsp3) is 0.769. The largest absolute Gasteiger partial charge is 0.354 e. The van der Waals surface area contributed by atoms with Crippen molar-refractivity contribution in [1.29, 1.82) is 0 Å². The first-order valence-corrected chi connectivity index (χ1v) is 6.87. The average Bonchev–Trinajstić information content (AvgIpc) is 2.64. The van der Waals surface area contributed by atoms with Crippen LogP contribution in [0.3, 0.4) is 0 Å². The van der Waals surface area contributed by atoms with Crippen molar-refractivity contribution in [2.24, 2.45) is 0 Å². The molecule has 4 heteroatoms. The summed E-state index contributed by atoms with van der Waals surface area (Å²) in [7, 11) is 0. The topological polar surface area (TPSA) is 33.1 Å². The van der Waals surface area contributed by atoms with E-state index < -0.39 is 0 Å². The SMILES string of the molecule is CCn1ccnc1NCCN1CCCCCC1. The van der Waals surface area contributed by atoms with Gasteiger partial charge >= 0.3 is 0 Å². The number of hydrogen-bond acceptors (Lipinski definition) is 3. The molecule has 2 heterocycles. The van der Waals surface area contributed by atoms with Crippen LogP contribution in [0.5, 0.6) is 0 Å². The van der Waals surface area contributed by atoms with Crippen LogP contribution in [-0.2, 0) is 6.54 Å². The van der Waals surface area contributed by atoms with Crippen molar-refractivity contribution in [3.63, 3.8) is 0 Å². The molecular weight excluding hydrogens is 212 g/mol. The van der Waals surface area contributed by atoms with E-state index in [1.165, 1.54) is 38.8 Å². The van der Waals surface area contributed by atoms with E-state index in [1.54, 1.807) is 0 Å². The van der Waals surface area contributed by atoms with Gasteiger partial charge in [0.1, 0.15) is 0 Å². The highest BCUT2D eigenvalue weighted by molar-refractivity contribution is 5.25. The average molecular weight is 236 g/mol. The third-order valence-electron chi connectivity index (χ3n) is 3.47. The molecule has 0 unspecified atom stereocenters. The molecule has 17 heavy (non-hydrogen) atoms. The summed E-state index contributed by atoms with van der Waals surface area (Å²) in [5.74, 6) is 1.00. The van der Waals surface area contributed by atoms with Gasteiger partial charge in [0.05, 0.1) is 0 Å². The number of nitrogens with one attached hydrogen (secondary N) is 1. The lowest BCUT2D eigenvalue weighted by Gasteiger charge is -2.20. The van der Waals surface area contributed by atoms with Gasteiger partial charge in [-0.25, -0.2) is 4.98 Å². The Bertz CT molecular complexity index is 313. The van der Waals surface area contributed by atoms with E-state index in [0.717, 1.165) is 25.6 Å². The van der Waals surface area contributed by atoms with Crippen LogP contribution < -0.4 is 5.32 Å². The second-order valence-corrected chi connectivity index (χ2v) is 4.72. The molecule has 0 atom stereocenters. The van der Waals surface area contributed by atoms with Crippen molar-refractivity contribution in [3.05, 3.63) is 12.4 Å². The van der Waals surface area contributed by atoms with E-state index in [0.29, 0.717) is 0 Å². The smallest absolute Gasteiger partial charge is 0.202 e. The quantitative estimate of drug-likeness (QED) is 0.850. The summed E-state index contributed by atoms with van der Waals surface area (Å²) in [5, 5.41) is 3.42. The molecule has 0 saturated carbocycles. The highest BCUT2D eigenvalue weighted by Gasteiger charge is 2.08. The van der Waals surface area contributed by atoms with Crippen molar-refractivity contribution >= 4 is 5.95 Å². The Balaban J connectivity index is 1.71. The highest BCUT2D eigenvalue weighted by Crippen LogP contribution is 2.09. The molecule has 0 amide bonds. The van der Waals surface area contributed by atoms with Gasteiger partial charge in [0.2, 0.25) is 5.95 Å². The lowest BCUT2D eigenvalue weighted by Crippen LogP contribution is -2.30. The van der Waals surface area contributed by atoms with E-state index in [-0.39, 0.29) is 0 Å². The maximum absolute atomic E-state index is 4.32. The van der Waals surface area contributed by atoms with E-state index in [4.69, 9.17) is 0 Å². The van der Waals surface area contributed by atoms with Gasteiger partial charge < -0.3 is 14.8 Å². The summed E-state index contributed by atoms with van der Waals surface area (Å²) >= 11 is 0. The second-order valence-electron chi connectivity index (χ2n) is 4.72. The molecule has 1 aromatic heterocycles. The minimum atomic E-state index is 0.978. The Labute approximate surface area is 104 Å². The Morgan fingerprint density at radius 1 is 1.24 bits per heavy atom. The zero-order valence-corrected chi connectivity index (χ0v) is 10.9. The molecular formula is C13H24N4. The molecule has 1 aliphatic heterocycles. The van der Waals surface area contributed by atoms with Gasteiger partial charge in [-0.05, 0) is 32.9 Å². The number of hydrogen-bond donors (Lipinski definition) is 1. The number of likely N-dealkylation sites (tertiary alicyclic amines) is 1. The highest BCUT2D eigenvalue weighted by atomic mass is 15.2. The van der Waals surface area contributed by atoms with Gasteiger partial charge in [0.15, 0.2) is 0 Å². The second kappa shape index (κ2) is 6.64. The summed E-state index contributed by atoms with van der Waals surface area (Å²) < 4.78 is 2.14. The predicted octanol–water partition coefficient (Wildman–Crippen LogP) is 2.19. The van der Waals surface area contributed by atoms with Crippen molar-refractivity contribution in [3.8, 4) is 0 Å². The molecule has 0 aromatic carbocycles. The molecule has 0 spiro atoms. The van der Waals surface area contributed by atoms with Crippen molar-refractivity contribution < 1.29 is 0 Å². The van der Waals surface area contributed by atoms with E-state index in [2.05, 4.69) is 26.7 Å². The van der Waals surface area contributed by atoms with E-state index >= 15 is 0 Å². The molecule has 0 aliphatic carbocycles. The number of aromatic nitrogens is 2. The number of nitrogens with zero attached hydrogens (tertiary/aromatic N) is 3. The molecule has 1 saturated heterocycles. The summed E-state index contributed by atoms with van der Waals surface area (Å²) in [4.78, 5) is 6.89. The van der Waals surface area contributed by atoms with Crippen LogP contribution in [0.4, 0.5) is 5.95 Å². The van der Waals surface area contributed by atoms with Gasteiger partial charge in [-0.1, -0.05) is 12.8 Å². The fourth-order valence-corrected chi connectivity index (χ4v) is 2.42. The monoisotopic (exact) mass is 236 g/mol. The Morgan fingerprint density at radius 2 is 2.00 bits per heavy atom. The van der Waals surface area contributed by atoms with Crippen molar-refractivity contribution in [2.75, 3.05) is 31.5 Å². The zero-order chi connectivity index (χ0) is 11.9. The Morgan fingerprint density at radius 3 is 2.71 bits per heavy atom. The van der Waals surface area contributed by atoms with Crippen LogP contribution in [0.2, 0.25) is 0 Å². The summed E-state index contributed by atoms with van der Waals surface area (Å²) in [5.41, 5.74) is 0. The number of rotatable bonds is 5. The summed E-state index contributed by atoms with van der Waals surface area (Å²) in [6.45, 7) is 7.79. The standard InChI is InChI=1S/C13H24N4/c1-2-17-12-8-15-13(17)14-7-11-16-9-5-3-4-6-10-16/h8,12H,2-7,9-11H2,1H3,(H,14,15). The number of anilines is 1. The minimum absolute atomic E-state index is 0.978. The Kier molecular flexibility index (Phi) is 4.86. The van der Waals surface area contributed by atoms with Gasteiger partial charge in [0, 0.05) is 32.0 Å². The fourth-order valence-electron chi connectivity index (χ4n) is 2.42. The van der Waals surface area contributed by atoms with Crippen molar-refractivity contribution in [2.45, 2.75) is 39.2 Å². The first kappa shape index (κ1) is 12.4. The van der Waals surface area contributed by atoms with Crippen molar-refractivity contribution in [1.82, 2.24) is 14.5 Å². The molecule has 0 radical (unpaired) electrons. The Hall–Kier alpha value is -1.03. The first-order chi connectivity index (χ1) is 8.40. The maximum atomic E-state index is 4.32. The van der Waals surface area contributed by atoms with Gasteiger partial charge in [-0.2, -0.15) is 0 Å². The van der Waals surface area contributed by atoms with Crippen LogP contribution >= 0.6 is 0 Å². The van der Waals surface area contributed by atoms with Gasteiger partial charge in [-0.15, -0.1) is 0 Å². The van der Waals surface area contributed by atoms with Crippen LogP contribution in [0, 0.1) is 0 Å². The summed E-state index contributed by atoms with van der Waals surface area (Å²) in [6.07, 6.45) is 9.42.